The van der Waals surface area contributed by atoms with Crippen molar-refractivity contribution in [1.82, 2.24) is 9.88 Å². The number of nitrogens with two attached hydrogens (primary N) is 1. The van der Waals surface area contributed by atoms with Crippen molar-refractivity contribution in [2.24, 2.45) is 11.7 Å². The lowest BCUT2D eigenvalue weighted by atomic mass is 9.97. The zero-order chi connectivity index (χ0) is 11.4. The van der Waals surface area contributed by atoms with Gasteiger partial charge in [-0.1, -0.05) is 0 Å². The molecule has 0 bridgehead atoms. The van der Waals surface area contributed by atoms with Crippen molar-refractivity contribution >= 4 is 30.7 Å². The van der Waals surface area contributed by atoms with Crippen LogP contribution < -0.4 is 5.73 Å². The molecule has 1 aliphatic heterocycles. The smallest absolute Gasteiger partial charge is 0.255 e. The van der Waals surface area contributed by atoms with E-state index in [4.69, 9.17) is 5.73 Å². The maximum atomic E-state index is 12.0. The molecule has 2 N–H and O–H groups in total. The van der Waals surface area contributed by atoms with Crippen LogP contribution in [-0.2, 0) is 0 Å². The van der Waals surface area contributed by atoms with Crippen LogP contribution in [-0.4, -0.2) is 35.4 Å². The number of carbonyl (C=O) groups excluding carboxylic acids is 1. The van der Waals surface area contributed by atoms with Gasteiger partial charge in [-0.2, -0.15) is 0 Å². The normalized spacial score (nSPS) is 15.5. The highest BCUT2D eigenvalue weighted by Crippen LogP contribution is 2.17. The average Bonchev–Trinajstić information content (AvgIpc) is 2.39. The Labute approximate surface area is 120 Å². The Bertz CT molecular complexity index is 354. The standard InChI is InChI=1S/C12H17N3O.2ClH/c13-8-10-3-6-15(7-4-10)12(16)11-2-1-5-14-9-11;;/h1-2,5,9-10H,3-4,6-8,13H2;2*1H. The summed E-state index contributed by atoms with van der Waals surface area (Å²) >= 11 is 0. The number of pyridine rings is 1. The predicted molar refractivity (Wildman–Crippen MR) is 76.4 cm³/mol. The van der Waals surface area contributed by atoms with Gasteiger partial charge in [0.15, 0.2) is 0 Å². The predicted octanol–water partition coefficient (Wildman–Crippen LogP) is 1.74. The molecular formula is C12H19Cl2N3O. The number of hydrogen-bond donors (Lipinski definition) is 1. The van der Waals surface area contributed by atoms with Crippen LogP contribution in [0, 0.1) is 5.92 Å². The minimum absolute atomic E-state index is 0. The molecule has 1 aromatic heterocycles. The Morgan fingerprint density at radius 3 is 2.56 bits per heavy atom. The van der Waals surface area contributed by atoms with Gasteiger partial charge in [-0.15, -0.1) is 24.8 Å². The monoisotopic (exact) mass is 291 g/mol. The zero-order valence-electron chi connectivity index (χ0n) is 10.1. The van der Waals surface area contributed by atoms with E-state index < -0.39 is 0 Å². The van der Waals surface area contributed by atoms with Crippen LogP contribution in [0.2, 0.25) is 0 Å². The Balaban J connectivity index is 0.00000144. The molecule has 0 saturated carbocycles. The molecule has 102 valence electrons. The molecule has 1 saturated heterocycles. The lowest BCUT2D eigenvalue weighted by Crippen LogP contribution is -2.40. The molecule has 18 heavy (non-hydrogen) atoms. The Morgan fingerprint density at radius 1 is 1.39 bits per heavy atom. The van der Waals surface area contributed by atoms with Gasteiger partial charge in [-0.25, -0.2) is 0 Å². The van der Waals surface area contributed by atoms with Gasteiger partial charge in [-0.3, -0.25) is 9.78 Å². The molecule has 4 nitrogen and oxygen atoms in total. The summed E-state index contributed by atoms with van der Waals surface area (Å²) in [5.41, 5.74) is 6.30. The molecule has 0 atom stereocenters. The van der Waals surface area contributed by atoms with Crippen LogP contribution in [0.4, 0.5) is 0 Å². The fraction of sp³-hybridized carbons (Fsp3) is 0.500. The van der Waals surface area contributed by atoms with Crippen LogP contribution in [0.15, 0.2) is 24.5 Å². The second-order valence-electron chi connectivity index (χ2n) is 4.21. The lowest BCUT2D eigenvalue weighted by molar-refractivity contribution is 0.0693. The first-order valence-corrected chi connectivity index (χ1v) is 5.70. The fourth-order valence-corrected chi connectivity index (χ4v) is 2.04. The Kier molecular flexibility index (Phi) is 7.91. The van der Waals surface area contributed by atoms with Crippen molar-refractivity contribution in [1.29, 1.82) is 0 Å². The molecule has 1 aliphatic rings. The third-order valence-corrected chi connectivity index (χ3v) is 3.14. The fourth-order valence-electron chi connectivity index (χ4n) is 2.04. The van der Waals surface area contributed by atoms with E-state index in [1.54, 1.807) is 18.5 Å². The molecule has 0 spiro atoms. The maximum absolute atomic E-state index is 12.0. The topological polar surface area (TPSA) is 59.2 Å². The highest BCUT2D eigenvalue weighted by Gasteiger charge is 2.22. The number of halogens is 2. The summed E-state index contributed by atoms with van der Waals surface area (Å²) in [6.45, 7) is 2.36. The van der Waals surface area contributed by atoms with Crippen LogP contribution in [0.1, 0.15) is 23.2 Å². The maximum Gasteiger partial charge on any atom is 0.255 e. The number of amides is 1. The van der Waals surface area contributed by atoms with Gasteiger partial charge in [0.25, 0.3) is 5.91 Å². The molecule has 0 radical (unpaired) electrons. The minimum Gasteiger partial charge on any atom is -0.339 e. The number of rotatable bonds is 2. The SMILES string of the molecule is Cl.Cl.NCC1CCN(C(=O)c2cccnc2)CC1. The van der Waals surface area contributed by atoms with Crippen LogP contribution in [0.5, 0.6) is 0 Å². The van der Waals surface area contributed by atoms with E-state index in [0.29, 0.717) is 11.5 Å². The van der Waals surface area contributed by atoms with E-state index in [1.807, 2.05) is 11.0 Å². The van der Waals surface area contributed by atoms with Crippen LogP contribution in [0.25, 0.3) is 0 Å². The van der Waals surface area contributed by atoms with Gasteiger partial charge in [0.2, 0.25) is 0 Å². The summed E-state index contributed by atoms with van der Waals surface area (Å²) in [6, 6.07) is 3.60. The molecule has 1 amide bonds. The van der Waals surface area contributed by atoms with Gasteiger partial charge < -0.3 is 10.6 Å². The number of aromatic nitrogens is 1. The first-order chi connectivity index (χ1) is 7.81. The second kappa shape index (κ2) is 8.29. The van der Waals surface area contributed by atoms with Gasteiger partial charge in [0.1, 0.15) is 0 Å². The molecular weight excluding hydrogens is 273 g/mol. The molecule has 0 aliphatic carbocycles. The molecule has 0 aromatic carbocycles. The number of nitrogens with zero attached hydrogens (tertiary/aromatic N) is 2. The van der Waals surface area contributed by atoms with Gasteiger partial charge in [-0.05, 0) is 37.4 Å². The van der Waals surface area contributed by atoms with Gasteiger partial charge in [0, 0.05) is 25.5 Å². The second-order valence-corrected chi connectivity index (χ2v) is 4.21. The van der Waals surface area contributed by atoms with E-state index in [2.05, 4.69) is 4.98 Å². The number of carbonyl (C=O) groups is 1. The first-order valence-electron chi connectivity index (χ1n) is 5.70. The van der Waals surface area contributed by atoms with Crippen molar-refractivity contribution < 1.29 is 4.79 Å². The van der Waals surface area contributed by atoms with E-state index in [9.17, 15) is 4.79 Å². The largest absolute Gasteiger partial charge is 0.339 e. The molecule has 0 unspecified atom stereocenters. The third-order valence-electron chi connectivity index (χ3n) is 3.14. The third kappa shape index (κ3) is 4.12. The quantitative estimate of drug-likeness (QED) is 0.903. The van der Waals surface area contributed by atoms with Crippen molar-refractivity contribution in [2.75, 3.05) is 19.6 Å². The van der Waals surface area contributed by atoms with Crippen LogP contribution in [0.3, 0.4) is 0 Å². The van der Waals surface area contributed by atoms with E-state index in [-0.39, 0.29) is 30.7 Å². The van der Waals surface area contributed by atoms with Crippen molar-refractivity contribution in [3.63, 3.8) is 0 Å². The summed E-state index contributed by atoms with van der Waals surface area (Å²) in [5, 5.41) is 0. The summed E-state index contributed by atoms with van der Waals surface area (Å²) in [5.74, 6) is 0.668. The van der Waals surface area contributed by atoms with Crippen LogP contribution >= 0.6 is 24.8 Å². The van der Waals surface area contributed by atoms with Gasteiger partial charge in [0.05, 0.1) is 5.56 Å². The lowest BCUT2D eigenvalue weighted by Gasteiger charge is -2.31. The molecule has 6 heteroatoms. The number of likely N-dealkylation sites (tertiary alicyclic amines) is 1. The van der Waals surface area contributed by atoms with Crippen molar-refractivity contribution in [3.05, 3.63) is 30.1 Å². The van der Waals surface area contributed by atoms with E-state index >= 15 is 0 Å². The highest BCUT2D eigenvalue weighted by atomic mass is 35.5. The number of hydrogen-bond acceptors (Lipinski definition) is 3. The molecule has 1 fully saturated rings. The van der Waals surface area contributed by atoms with E-state index in [0.717, 1.165) is 32.5 Å². The Morgan fingerprint density at radius 2 is 2.06 bits per heavy atom. The molecule has 2 rings (SSSR count). The minimum atomic E-state index is 0. The van der Waals surface area contributed by atoms with Crippen molar-refractivity contribution in [3.8, 4) is 0 Å². The summed E-state index contributed by atoms with van der Waals surface area (Å²) < 4.78 is 0. The Hall–Kier alpha value is -0.840. The zero-order valence-corrected chi connectivity index (χ0v) is 11.8. The summed E-state index contributed by atoms with van der Waals surface area (Å²) in [4.78, 5) is 17.9. The first kappa shape index (κ1) is 17.2. The summed E-state index contributed by atoms with van der Waals surface area (Å²) in [7, 11) is 0. The van der Waals surface area contributed by atoms with Gasteiger partial charge >= 0.3 is 0 Å². The van der Waals surface area contributed by atoms with E-state index in [1.165, 1.54) is 0 Å². The van der Waals surface area contributed by atoms with Crippen molar-refractivity contribution in [2.45, 2.75) is 12.8 Å². The highest BCUT2D eigenvalue weighted by molar-refractivity contribution is 5.93. The molecule has 2 heterocycles. The summed E-state index contributed by atoms with van der Waals surface area (Å²) in [6.07, 6.45) is 5.33. The average molecular weight is 292 g/mol. The molecule has 1 aromatic rings. The number of piperidine rings is 1.